The molecular weight excluding hydrogens is 378 g/mol. The predicted molar refractivity (Wildman–Crippen MR) is 115 cm³/mol. The summed E-state index contributed by atoms with van der Waals surface area (Å²) in [6.45, 7) is 8.06. The smallest absolute Gasteiger partial charge is 0.327 e. The highest BCUT2D eigenvalue weighted by atomic mass is 16.2. The largest absolute Gasteiger partial charge is 0.333 e. The summed E-state index contributed by atoms with van der Waals surface area (Å²) >= 11 is 0. The van der Waals surface area contributed by atoms with Crippen molar-refractivity contribution in [1.29, 1.82) is 0 Å². The Morgan fingerprint density at radius 3 is 2.40 bits per heavy atom. The number of carbonyl (C=O) groups excluding carboxylic acids is 3. The van der Waals surface area contributed by atoms with Crippen LogP contribution >= 0.6 is 0 Å². The number of fused-ring (bicyclic) bond motifs is 1. The molecule has 1 aromatic rings. The normalized spacial score (nSPS) is 23.4. The fraction of sp³-hybridized carbons (Fsp3) is 0.625. The highest BCUT2D eigenvalue weighted by Gasteiger charge is 2.50. The van der Waals surface area contributed by atoms with E-state index in [-0.39, 0.29) is 23.5 Å². The van der Waals surface area contributed by atoms with Crippen LogP contribution in [0, 0.1) is 0 Å². The second-order valence-electron chi connectivity index (χ2n) is 9.71. The van der Waals surface area contributed by atoms with Gasteiger partial charge in [0.1, 0.15) is 0 Å². The third-order valence-corrected chi connectivity index (χ3v) is 7.36. The number of nitrogens with zero attached hydrogens (tertiary/aromatic N) is 3. The quantitative estimate of drug-likeness (QED) is 0.662. The van der Waals surface area contributed by atoms with Gasteiger partial charge in [-0.1, -0.05) is 57.4 Å². The van der Waals surface area contributed by atoms with Gasteiger partial charge in [0.25, 0.3) is 0 Å². The Bertz CT molecular complexity index is 857. The number of imide groups is 1. The predicted octanol–water partition coefficient (Wildman–Crippen LogP) is 3.68. The molecule has 0 bridgehead atoms. The highest BCUT2D eigenvalue weighted by Crippen LogP contribution is 2.48. The summed E-state index contributed by atoms with van der Waals surface area (Å²) in [5, 5.41) is 0. The number of benzene rings is 1. The van der Waals surface area contributed by atoms with Gasteiger partial charge < -0.3 is 9.80 Å². The van der Waals surface area contributed by atoms with Crippen LogP contribution in [-0.4, -0.2) is 57.7 Å². The summed E-state index contributed by atoms with van der Waals surface area (Å²) in [5.41, 5.74) is 2.08. The average Bonchev–Trinajstić information content (AvgIpc) is 2.82. The Hall–Kier alpha value is -2.37. The van der Waals surface area contributed by atoms with Gasteiger partial charge in [-0.2, -0.15) is 0 Å². The van der Waals surface area contributed by atoms with Gasteiger partial charge in [0, 0.05) is 31.7 Å². The van der Waals surface area contributed by atoms with E-state index in [0.29, 0.717) is 19.6 Å². The summed E-state index contributed by atoms with van der Waals surface area (Å²) in [7, 11) is 0. The van der Waals surface area contributed by atoms with Crippen molar-refractivity contribution in [3.8, 4) is 0 Å². The van der Waals surface area contributed by atoms with E-state index in [4.69, 9.17) is 0 Å². The minimum atomic E-state index is -0.684. The number of amides is 4. The molecule has 0 atom stereocenters. The molecule has 1 spiro atoms. The number of hydrogen-bond donors (Lipinski definition) is 0. The number of urea groups is 1. The van der Waals surface area contributed by atoms with Gasteiger partial charge in [0.2, 0.25) is 0 Å². The summed E-state index contributed by atoms with van der Waals surface area (Å²) in [6.07, 6.45) is 6.14. The minimum absolute atomic E-state index is 0.0658. The molecule has 1 aliphatic carbocycles. The van der Waals surface area contributed by atoms with Crippen molar-refractivity contribution in [2.75, 3.05) is 19.6 Å². The van der Waals surface area contributed by atoms with Crippen LogP contribution in [0.4, 0.5) is 4.79 Å². The second kappa shape index (κ2) is 7.71. The zero-order valence-electron chi connectivity index (χ0n) is 18.4. The molecule has 0 aromatic heterocycles. The molecule has 6 nitrogen and oxygen atoms in total. The fourth-order valence-electron chi connectivity index (χ4n) is 5.90. The van der Waals surface area contributed by atoms with Gasteiger partial charge in [-0.25, -0.2) is 4.79 Å². The number of rotatable bonds is 1. The Kier molecular flexibility index (Phi) is 5.37. The lowest BCUT2D eigenvalue weighted by atomic mass is 9.68. The van der Waals surface area contributed by atoms with E-state index in [1.54, 1.807) is 0 Å². The van der Waals surface area contributed by atoms with Crippen molar-refractivity contribution in [2.24, 2.45) is 0 Å². The van der Waals surface area contributed by atoms with E-state index in [0.717, 1.165) is 37.7 Å². The van der Waals surface area contributed by atoms with E-state index in [1.165, 1.54) is 21.8 Å². The molecule has 30 heavy (non-hydrogen) atoms. The molecule has 2 fully saturated rings. The maximum Gasteiger partial charge on any atom is 0.327 e. The summed E-state index contributed by atoms with van der Waals surface area (Å²) in [6, 6.07) is 8.07. The summed E-state index contributed by atoms with van der Waals surface area (Å²) in [5.74, 6) is -1.25. The maximum absolute atomic E-state index is 13.8. The number of piperazine rings is 1. The molecule has 0 radical (unpaired) electrons. The van der Waals surface area contributed by atoms with E-state index >= 15 is 0 Å². The van der Waals surface area contributed by atoms with Gasteiger partial charge >= 0.3 is 17.8 Å². The van der Waals surface area contributed by atoms with Gasteiger partial charge in [-0.3, -0.25) is 14.5 Å². The van der Waals surface area contributed by atoms with Crippen molar-refractivity contribution in [1.82, 2.24) is 14.7 Å². The van der Waals surface area contributed by atoms with Crippen molar-refractivity contribution in [3.05, 3.63) is 35.4 Å². The average molecular weight is 412 g/mol. The van der Waals surface area contributed by atoms with Gasteiger partial charge in [-0.05, 0) is 42.7 Å². The van der Waals surface area contributed by atoms with Crippen molar-refractivity contribution < 1.29 is 14.4 Å². The lowest BCUT2D eigenvalue weighted by Gasteiger charge is -2.49. The Morgan fingerprint density at radius 2 is 1.70 bits per heavy atom. The van der Waals surface area contributed by atoms with Crippen molar-refractivity contribution >= 4 is 17.8 Å². The standard InChI is InChI=1S/C24H33N3O3/c1-4-25-14-15-26(21(29)20(25)28)22(30)27-16-18-10-6-7-11-19(18)23(2,3)17-24(27)12-8-5-9-13-24/h6-7,10-11H,4-5,8-9,12-17H2,1-3H3. The van der Waals surface area contributed by atoms with Gasteiger partial charge in [-0.15, -0.1) is 0 Å². The van der Waals surface area contributed by atoms with Crippen LogP contribution in [0.3, 0.4) is 0 Å². The lowest BCUT2D eigenvalue weighted by molar-refractivity contribution is -0.154. The van der Waals surface area contributed by atoms with E-state index < -0.39 is 11.8 Å². The van der Waals surface area contributed by atoms with E-state index in [2.05, 4.69) is 32.0 Å². The number of likely N-dealkylation sites (N-methyl/N-ethyl adjacent to an activating group) is 1. The van der Waals surface area contributed by atoms with Crippen LogP contribution in [0.15, 0.2) is 24.3 Å². The first-order valence-electron chi connectivity index (χ1n) is 11.3. The molecule has 0 N–H and O–H groups in total. The molecule has 162 valence electrons. The molecule has 1 saturated heterocycles. The zero-order valence-corrected chi connectivity index (χ0v) is 18.4. The first kappa shape index (κ1) is 20.9. The van der Waals surface area contributed by atoms with E-state index in [9.17, 15) is 14.4 Å². The topological polar surface area (TPSA) is 60.9 Å². The van der Waals surface area contributed by atoms with Crippen LogP contribution < -0.4 is 0 Å². The van der Waals surface area contributed by atoms with Gasteiger partial charge in [0.05, 0.1) is 0 Å². The molecule has 0 unspecified atom stereocenters. The van der Waals surface area contributed by atoms with Crippen molar-refractivity contribution in [3.63, 3.8) is 0 Å². The minimum Gasteiger partial charge on any atom is -0.333 e. The highest BCUT2D eigenvalue weighted by molar-refractivity contribution is 6.38. The maximum atomic E-state index is 13.8. The monoisotopic (exact) mass is 411 g/mol. The Balaban J connectivity index is 1.73. The first-order chi connectivity index (χ1) is 14.3. The molecule has 6 heteroatoms. The second-order valence-corrected chi connectivity index (χ2v) is 9.71. The molecular formula is C24H33N3O3. The van der Waals surface area contributed by atoms with Crippen LogP contribution in [0.5, 0.6) is 0 Å². The lowest BCUT2D eigenvalue weighted by Crippen LogP contribution is -2.63. The molecule has 2 heterocycles. The number of hydrogen-bond acceptors (Lipinski definition) is 3. The molecule has 3 aliphatic rings. The van der Waals surface area contributed by atoms with Crippen LogP contribution in [0.1, 0.15) is 70.4 Å². The first-order valence-corrected chi connectivity index (χ1v) is 11.3. The zero-order chi connectivity index (χ0) is 21.5. The SMILES string of the molecule is CCN1CCN(C(=O)N2Cc3ccccc3C(C)(C)CC23CCCCC3)C(=O)C1=O. The third kappa shape index (κ3) is 3.40. The molecule has 2 aliphatic heterocycles. The van der Waals surface area contributed by atoms with Crippen LogP contribution in [0.2, 0.25) is 0 Å². The summed E-state index contributed by atoms with van der Waals surface area (Å²) < 4.78 is 0. The van der Waals surface area contributed by atoms with Gasteiger partial charge in [0.15, 0.2) is 0 Å². The molecule has 4 rings (SSSR count). The van der Waals surface area contributed by atoms with E-state index in [1.807, 2.05) is 17.9 Å². The molecule has 1 aromatic carbocycles. The fourth-order valence-corrected chi connectivity index (χ4v) is 5.90. The number of carbonyl (C=O) groups is 3. The third-order valence-electron chi connectivity index (χ3n) is 7.36. The van der Waals surface area contributed by atoms with Crippen LogP contribution in [0.25, 0.3) is 0 Å². The van der Waals surface area contributed by atoms with Crippen LogP contribution in [-0.2, 0) is 21.5 Å². The van der Waals surface area contributed by atoms with Crippen molar-refractivity contribution in [2.45, 2.75) is 76.8 Å². The Morgan fingerprint density at radius 1 is 1.00 bits per heavy atom. The Labute approximate surface area is 179 Å². The molecule has 4 amide bonds. The summed E-state index contributed by atoms with van der Waals surface area (Å²) in [4.78, 5) is 43.7. The molecule has 1 saturated carbocycles.